The van der Waals surface area contributed by atoms with Gasteiger partial charge in [0.15, 0.2) is 11.5 Å². The number of nitrogens with zero attached hydrogens (tertiary/aromatic N) is 1. The standard InChI is InChI=1S/C24H25N3O5/c1-27(2)10-3-11-30-18-7-4-16(5-8-18)12-19-23(28)26-20(24(29)25-19)13-17-6-9-21-22(14-17)32-15-31-21/h4-9,12-14H,3,10-11,15H2,1-2H3,(H,25,29)(H,26,28). The minimum Gasteiger partial charge on any atom is -0.494 e. The first-order valence-corrected chi connectivity index (χ1v) is 10.3. The molecule has 0 unspecified atom stereocenters. The second-order valence-electron chi connectivity index (χ2n) is 7.71. The second kappa shape index (κ2) is 9.57. The molecule has 0 saturated heterocycles. The Morgan fingerprint density at radius 3 is 2.22 bits per heavy atom. The Morgan fingerprint density at radius 2 is 1.53 bits per heavy atom. The number of rotatable bonds is 7. The van der Waals surface area contributed by atoms with E-state index >= 15 is 0 Å². The van der Waals surface area contributed by atoms with E-state index in [-0.39, 0.29) is 23.1 Å². The quantitative estimate of drug-likeness (QED) is 0.533. The van der Waals surface area contributed by atoms with Gasteiger partial charge in [-0.3, -0.25) is 9.59 Å². The van der Waals surface area contributed by atoms with Crippen LogP contribution in [0.25, 0.3) is 12.2 Å². The van der Waals surface area contributed by atoms with Crippen LogP contribution in [0.2, 0.25) is 0 Å². The van der Waals surface area contributed by atoms with Crippen LogP contribution in [0.15, 0.2) is 52.1 Å². The van der Waals surface area contributed by atoms with Gasteiger partial charge in [0, 0.05) is 6.54 Å². The molecular formula is C24H25N3O5. The Balaban J connectivity index is 1.53. The first-order chi connectivity index (χ1) is 15.5. The van der Waals surface area contributed by atoms with Gasteiger partial charge in [-0.1, -0.05) is 18.2 Å². The van der Waals surface area contributed by atoms with E-state index in [0.717, 1.165) is 24.3 Å². The lowest BCUT2D eigenvalue weighted by Gasteiger charge is -2.10. The van der Waals surface area contributed by atoms with Crippen LogP contribution in [0.4, 0.5) is 0 Å². The summed E-state index contributed by atoms with van der Waals surface area (Å²) in [5, 5.41) is 0.338. The Bertz CT molecular complexity index is 1320. The van der Waals surface area contributed by atoms with E-state index in [1.165, 1.54) is 0 Å². The van der Waals surface area contributed by atoms with Gasteiger partial charge < -0.3 is 29.1 Å². The van der Waals surface area contributed by atoms with Crippen LogP contribution in [0.3, 0.4) is 0 Å². The molecule has 1 aliphatic heterocycles. The first-order valence-electron chi connectivity index (χ1n) is 10.3. The molecule has 0 radical (unpaired) electrons. The van der Waals surface area contributed by atoms with Crippen molar-refractivity contribution in [1.29, 1.82) is 0 Å². The molecule has 4 rings (SSSR count). The fraction of sp³-hybridized carbons (Fsp3) is 0.250. The van der Waals surface area contributed by atoms with Gasteiger partial charge in [0.2, 0.25) is 6.79 Å². The van der Waals surface area contributed by atoms with E-state index in [1.807, 2.05) is 38.4 Å². The van der Waals surface area contributed by atoms with Gasteiger partial charge in [-0.2, -0.15) is 0 Å². The predicted molar refractivity (Wildman–Crippen MR) is 122 cm³/mol. The number of aromatic amines is 2. The van der Waals surface area contributed by atoms with E-state index < -0.39 is 5.56 Å². The molecule has 2 N–H and O–H groups in total. The monoisotopic (exact) mass is 435 g/mol. The number of hydrogen-bond donors (Lipinski definition) is 2. The number of ether oxygens (including phenoxy) is 3. The first kappa shape index (κ1) is 21.5. The average Bonchev–Trinajstić information content (AvgIpc) is 3.23. The molecule has 0 fully saturated rings. The van der Waals surface area contributed by atoms with Crippen molar-refractivity contribution in [2.24, 2.45) is 0 Å². The van der Waals surface area contributed by atoms with Gasteiger partial charge in [-0.05, 0) is 68.1 Å². The predicted octanol–water partition coefficient (Wildman–Crippen LogP) is 0.780. The summed E-state index contributed by atoms with van der Waals surface area (Å²) >= 11 is 0. The summed E-state index contributed by atoms with van der Waals surface area (Å²) < 4.78 is 16.3. The molecule has 32 heavy (non-hydrogen) atoms. The van der Waals surface area contributed by atoms with E-state index in [9.17, 15) is 9.59 Å². The maximum absolute atomic E-state index is 12.5. The van der Waals surface area contributed by atoms with Gasteiger partial charge in [0.1, 0.15) is 16.4 Å². The molecule has 0 atom stereocenters. The molecule has 8 heteroatoms. The summed E-state index contributed by atoms with van der Waals surface area (Å²) in [6.45, 7) is 1.77. The van der Waals surface area contributed by atoms with Crippen LogP contribution in [0.5, 0.6) is 17.2 Å². The average molecular weight is 435 g/mol. The lowest BCUT2D eigenvalue weighted by molar-refractivity contribution is 0.174. The molecule has 2 heterocycles. The summed E-state index contributed by atoms with van der Waals surface area (Å²) in [4.78, 5) is 32.4. The Kier molecular flexibility index (Phi) is 6.42. The third-order valence-corrected chi connectivity index (χ3v) is 4.90. The van der Waals surface area contributed by atoms with Crippen molar-refractivity contribution < 1.29 is 14.2 Å². The highest BCUT2D eigenvalue weighted by Gasteiger charge is 2.12. The molecule has 8 nitrogen and oxygen atoms in total. The van der Waals surface area contributed by atoms with E-state index in [2.05, 4.69) is 14.9 Å². The zero-order valence-electron chi connectivity index (χ0n) is 18.0. The third kappa shape index (κ3) is 5.28. The molecule has 0 bridgehead atoms. The Hall–Kier alpha value is -3.78. The van der Waals surface area contributed by atoms with Crippen LogP contribution in [-0.2, 0) is 0 Å². The van der Waals surface area contributed by atoms with Gasteiger partial charge in [-0.25, -0.2) is 0 Å². The highest BCUT2D eigenvalue weighted by molar-refractivity contribution is 5.56. The number of nitrogens with one attached hydrogen (secondary N) is 2. The van der Waals surface area contributed by atoms with Gasteiger partial charge in [-0.15, -0.1) is 0 Å². The van der Waals surface area contributed by atoms with E-state index in [4.69, 9.17) is 14.2 Å². The Labute approximate surface area is 184 Å². The molecule has 0 aliphatic carbocycles. The van der Waals surface area contributed by atoms with E-state index in [0.29, 0.717) is 23.7 Å². The topological polar surface area (TPSA) is 96.7 Å². The van der Waals surface area contributed by atoms with Crippen molar-refractivity contribution in [3.05, 3.63) is 85.0 Å². The minimum atomic E-state index is -0.394. The van der Waals surface area contributed by atoms with Crippen molar-refractivity contribution in [3.63, 3.8) is 0 Å². The summed E-state index contributed by atoms with van der Waals surface area (Å²) in [7, 11) is 4.05. The number of aromatic nitrogens is 2. The lowest BCUT2D eigenvalue weighted by atomic mass is 10.2. The summed E-state index contributed by atoms with van der Waals surface area (Å²) in [6, 6.07) is 12.7. The molecule has 0 saturated carbocycles. The van der Waals surface area contributed by atoms with Gasteiger partial charge >= 0.3 is 0 Å². The number of fused-ring (bicyclic) bond motifs is 1. The Morgan fingerprint density at radius 1 is 0.906 bits per heavy atom. The van der Waals surface area contributed by atoms with Crippen LogP contribution in [0.1, 0.15) is 17.5 Å². The van der Waals surface area contributed by atoms with Gasteiger partial charge in [0.05, 0.1) is 6.61 Å². The van der Waals surface area contributed by atoms with E-state index in [1.54, 1.807) is 30.4 Å². The molecular weight excluding hydrogens is 410 g/mol. The normalized spacial score (nSPS) is 13.7. The van der Waals surface area contributed by atoms with Crippen molar-refractivity contribution in [2.45, 2.75) is 6.42 Å². The summed E-state index contributed by atoms with van der Waals surface area (Å²) in [6.07, 6.45) is 4.15. The maximum atomic E-state index is 12.5. The third-order valence-electron chi connectivity index (χ3n) is 4.90. The van der Waals surface area contributed by atoms with Crippen LogP contribution in [-0.4, -0.2) is 48.9 Å². The second-order valence-corrected chi connectivity index (χ2v) is 7.71. The zero-order chi connectivity index (χ0) is 22.5. The SMILES string of the molecule is CN(C)CCCOc1ccc(C=c2[nH]c(=O)c(=Cc3ccc4c(c3)OCO4)[nH]c2=O)cc1. The minimum absolute atomic E-state index is 0.160. The van der Waals surface area contributed by atoms with Crippen molar-refractivity contribution in [1.82, 2.24) is 14.9 Å². The highest BCUT2D eigenvalue weighted by atomic mass is 16.7. The van der Waals surface area contributed by atoms with Crippen LogP contribution < -0.4 is 36.0 Å². The van der Waals surface area contributed by atoms with Crippen LogP contribution >= 0.6 is 0 Å². The maximum Gasteiger partial charge on any atom is 0.272 e. The van der Waals surface area contributed by atoms with Gasteiger partial charge in [0.25, 0.3) is 11.1 Å². The lowest BCUT2D eigenvalue weighted by Crippen LogP contribution is -2.46. The molecule has 1 aliphatic rings. The number of benzene rings is 2. The van der Waals surface area contributed by atoms with Crippen molar-refractivity contribution >= 4 is 12.2 Å². The molecule has 3 aromatic rings. The fourth-order valence-electron chi connectivity index (χ4n) is 3.26. The number of H-pyrrole nitrogens is 2. The molecule has 2 aromatic carbocycles. The smallest absolute Gasteiger partial charge is 0.272 e. The molecule has 0 amide bonds. The largest absolute Gasteiger partial charge is 0.494 e. The van der Waals surface area contributed by atoms with Crippen molar-refractivity contribution in [3.8, 4) is 17.2 Å². The van der Waals surface area contributed by atoms with Crippen LogP contribution in [0, 0.1) is 0 Å². The van der Waals surface area contributed by atoms with Crippen molar-refractivity contribution in [2.75, 3.05) is 34.0 Å². The molecule has 1 aromatic heterocycles. The zero-order valence-corrected chi connectivity index (χ0v) is 18.0. The number of hydrogen-bond acceptors (Lipinski definition) is 6. The molecule has 0 spiro atoms. The highest BCUT2D eigenvalue weighted by Crippen LogP contribution is 2.32. The summed E-state index contributed by atoms with van der Waals surface area (Å²) in [5.41, 5.74) is 0.711. The fourth-order valence-corrected chi connectivity index (χ4v) is 3.26. The summed E-state index contributed by atoms with van der Waals surface area (Å²) in [5.74, 6) is 2.02. The molecule has 166 valence electrons.